The molecule has 19 heavy (non-hydrogen) atoms. The van der Waals surface area contributed by atoms with Gasteiger partial charge in [-0.3, -0.25) is 20.5 Å². The highest BCUT2D eigenvalue weighted by Gasteiger charge is 2.20. The van der Waals surface area contributed by atoms with Gasteiger partial charge in [0.1, 0.15) is 0 Å². The number of pyridine rings is 1. The van der Waals surface area contributed by atoms with E-state index in [0.29, 0.717) is 11.3 Å². The summed E-state index contributed by atoms with van der Waals surface area (Å²) >= 11 is 0. The van der Waals surface area contributed by atoms with E-state index in [4.69, 9.17) is 11.1 Å². The molecule has 1 radical (unpaired) electrons. The van der Waals surface area contributed by atoms with Crippen molar-refractivity contribution in [2.75, 3.05) is 0 Å². The van der Waals surface area contributed by atoms with Crippen molar-refractivity contribution >= 4 is 11.9 Å². The molecule has 1 amide bonds. The third-order valence-electron chi connectivity index (χ3n) is 3.45. The fourth-order valence-corrected chi connectivity index (χ4v) is 2.48. The molecule has 0 bridgehead atoms. The Hall–Kier alpha value is -1.91. The average Bonchev–Trinajstić information content (AvgIpc) is 2.50. The van der Waals surface area contributed by atoms with Gasteiger partial charge >= 0.3 is 0 Å². The Morgan fingerprint density at radius 3 is 3.00 bits per heavy atom. The van der Waals surface area contributed by atoms with Gasteiger partial charge in [-0.05, 0) is 44.7 Å². The number of aryl methyl sites for hydroxylation is 2. The van der Waals surface area contributed by atoms with Crippen LogP contribution < -0.4 is 11.1 Å². The van der Waals surface area contributed by atoms with Crippen molar-refractivity contribution < 1.29 is 4.79 Å². The number of nitrogens with two attached hydrogens (primary N) is 1. The molecule has 101 valence electrons. The summed E-state index contributed by atoms with van der Waals surface area (Å²) in [7, 11) is 0. The van der Waals surface area contributed by atoms with Gasteiger partial charge < -0.3 is 5.73 Å². The van der Waals surface area contributed by atoms with Crippen LogP contribution in [0.3, 0.4) is 0 Å². The molecule has 4 N–H and O–H groups in total. The maximum Gasteiger partial charge on any atom is 0.259 e. The van der Waals surface area contributed by atoms with Crippen LogP contribution in [0.1, 0.15) is 52.5 Å². The van der Waals surface area contributed by atoms with Crippen LogP contribution in [0.5, 0.6) is 0 Å². The zero-order valence-corrected chi connectivity index (χ0v) is 11.1. The molecule has 1 heterocycles. The van der Waals surface area contributed by atoms with Crippen molar-refractivity contribution in [1.29, 1.82) is 5.41 Å². The number of aromatic nitrogens is 1. The van der Waals surface area contributed by atoms with E-state index in [0.717, 1.165) is 36.9 Å². The minimum absolute atomic E-state index is 0.195. The van der Waals surface area contributed by atoms with Crippen molar-refractivity contribution in [3.8, 4) is 0 Å². The maximum atomic E-state index is 11.9. The van der Waals surface area contributed by atoms with E-state index in [-0.39, 0.29) is 17.8 Å². The zero-order valence-electron chi connectivity index (χ0n) is 11.1. The number of guanidine groups is 1. The number of fused-ring (bicyclic) bond motifs is 1. The van der Waals surface area contributed by atoms with Crippen molar-refractivity contribution in [2.45, 2.75) is 38.5 Å². The molecular formula is C14H19N4O. The molecule has 0 aromatic carbocycles. The van der Waals surface area contributed by atoms with Gasteiger partial charge in [0.2, 0.25) is 0 Å². The van der Waals surface area contributed by atoms with Crippen LogP contribution in [0.2, 0.25) is 0 Å². The average molecular weight is 259 g/mol. The van der Waals surface area contributed by atoms with Gasteiger partial charge in [-0.1, -0.05) is 6.42 Å². The molecule has 5 nitrogen and oxygen atoms in total. The highest BCUT2D eigenvalue weighted by molar-refractivity contribution is 6.05. The van der Waals surface area contributed by atoms with Crippen molar-refractivity contribution in [3.63, 3.8) is 0 Å². The molecule has 1 atom stereocenters. The van der Waals surface area contributed by atoms with Crippen molar-refractivity contribution in [3.05, 3.63) is 35.5 Å². The van der Waals surface area contributed by atoms with Crippen molar-refractivity contribution in [2.24, 2.45) is 5.73 Å². The second-order valence-corrected chi connectivity index (χ2v) is 4.98. The van der Waals surface area contributed by atoms with E-state index in [9.17, 15) is 4.79 Å². The first-order chi connectivity index (χ1) is 8.99. The second-order valence-electron chi connectivity index (χ2n) is 4.98. The molecule has 2 rings (SSSR count). The van der Waals surface area contributed by atoms with E-state index in [1.54, 1.807) is 6.92 Å². The third-order valence-corrected chi connectivity index (χ3v) is 3.45. The molecule has 1 aliphatic carbocycles. The smallest absolute Gasteiger partial charge is 0.259 e. The number of rotatable bonds is 1. The largest absolute Gasteiger partial charge is 0.370 e. The molecular weight excluding hydrogens is 240 g/mol. The predicted octanol–water partition coefficient (Wildman–Crippen LogP) is 1.66. The number of nitrogens with one attached hydrogen (secondary N) is 2. The summed E-state index contributed by atoms with van der Waals surface area (Å²) < 4.78 is 0. The SMILES string of the molecule is [CH2]C1CCCCc2cc(C(=O)NC(=N)N)c(C)nc21. The minimum Gasteiger partial charge on any atom is -0.370 e. The maximum absolute atomic E-state index is 11.9. The molecule has 5 heteroatoms. The first kappa shape index (κ1) is 13.5. The highest BCUT2D eigenvalue weighted by atomic mass is 16.1. The fraction of sp³-hybridized carbons (Fsp3) is 0.429. The molecule has 0 saturated heterocycles. The Morgan fingerprint density at radius 1 is 1.58 bits per heavy atom. The molecule has 1 aromatic heterocycles. The number of amides is 1. The number of carbonyl (C=O) groups is 1. The lowest BCUT2D eigenvalue weighted by atomic mass is 9.98. The summed E-state index contributed by atoms with van der Waals surface area (Å²) in [5.41, 5.74) is 8.44. The Morgan fingerprint density at radius 2 is 2.32 bits per heavy atom. The lowest BCUT2D eigenvalue weighted by Gasteiger charge is -2.14. The van der Waals surface area contributed by atoms with Gasteiger partial charge in [-0.15, -0.1) is 0 Å². The van der Waals surface area contributed by atoms with Crippen LogP contribution in [-0.2, 0) is 6.42 Å². The van der Waals surface area contributed by atoms with Gasteiger partial charge in [0.25, 0.3) is 5.91 Å². The Balaban J connectivity index is 2.40. The first-order valence-electron chi connectivity index (χ1n) is 6.48. The predicted molar refractivity (Wildman–Crippen MR) is 74.0 cm³/mol. The van der Waals surface area contributed by atoms with Gasteiger partial charge in [0.15, 0.2) is 5.96 Å². The quantitative estimate of drug-likeness (QED) is 0.407. The Labute approximate surface area is 113 Å². The normalized spacial score (nSPS) is 18.3. The van der Waals surface area contributed by atoms with E-state index in [1.807, 2.05) is 6.07 Å². The summed E-state index contributed by atoms with van der Waals surface area (Å²) in [5, 5.41) is 9.42. The topological polar surface area (TPSA) is 91.9 Å². The van der Waals surface area contributed by atoms with E-state index in [1.165, 1.54) is 0 Å². The first-order valence-corrected chi connectivity index (χ1v) is 6.48. The standard InChI is InChI=1S/C14H19N4O/c1-8-5-3-4-6-10-7-11(9(2)17-12(8)10)13(19)18-14(15)16/h7-8H,1,3-6H2,2H3,(H4,15,16,18,19). The Kier molecular flexibility index (Phi) is 3.83. The molecule has 0 aliphatic heterocycles. The minimum atomic E-state index is -0.370. The van der Waals surface area contributed by atoms with E-state index in [2.05, 4.69) is 17.2 Å². The Bertz CT molecular complexity index is 524. The van der Waals surface area contributed by atoms with Crippen LogP contribution in [0, 0.1) is 19.3 Å². The summed E-state index contributed by atoms with van der Waals surface area (Å²) in [4.78, 5) is 16.5. The van der Waals surface area contributed by atoms with Crippen LogP contribution in [0.15, 0.2) is 6.07 Å². The van der Waals surface area contributed by atoms with Crippen LogP contribution >= 0.6 is 0 Å². The third kappa shape index (κ3) is 2.92. The summed E-state index contributed by atoms with van der Waals surface area (Å²) in [5.74, 6) is -0.527. The number of hydrogen-bond donors (Lipinski definition) is 3. The highest BCUT2D eigenvalue weighted by Crippen LogP contribution is 2.29. The van der Waals surface area contributed by atoms with E-state index < -0.39 is 0 Å². The monoisotopic (exact) mass is 259 g/mol. The van der Waals surface area contributed by atoms with Gasteiger partial charge in [0.05, 0.1) is 11.3 Å². The van der Waals surface area contributed by atoms with Gasteiger partial charge in [-0.25, -0.2) is 0 Å². The molecule has 0 spiro atoms. The summed E-state index contributed by atoms with van der Waals surface area (Å²) in [6.45, 7) is 5.94. The number of nitrogens with zero attached hydrogens (tertiary/aromatic N) is 1. The van der Waals surface area contributed by atoms with E-state index >= 15 is 0 Å². The lowest BCUT2D eigenvalue weighted by molar-refractivity contribution is 0.0975. The second kappa shape index (κ2) is 5.38. The van der Waals surface area contributed by atoms with Gasteiger partial charge in [-0.2, -0.15) is 0 Å². The molecule has 1 aromatic rings. The summed E-state index contributed by atoms with van der Waals surface area (Å²) in [6.07, 6.45) is 4.20. The van der Waals surface area contributed by atoms with Crippen LogP contribution in [0.4, 0.5) is 0 Å². The van der Waals surface area contributed by atoms with Crippen LogP contribution in [0.25, 0.3) is 0 Å². The molecule has 0 fully saturated rings. The van der Waals surface area contributed by atoms with Crippen LogP contribution in [-0.4, -0.2) is 16.9 Å². The fourth-order valence-electron chi connectivity index (χ4n) is 2.48. The number of carbonyl (C=O) groups excluding carboxylic acids is 1. The summed E-state index contributed by atoms with van der Waals surface area (Å²) in [6, 6.07) is 1.87. The molecule has 1 unspecified atom stereocenters. The molecule has 0 saturated carbocycles. The van der Waals surface area contributed by atoms with Crippen molar-refractivity contribution in [1.82, 2.24) is 10.3 Å². The molecule has 1 aliphatic rings. The zero-order chi connectivity index (χ0) is 14.0. The lowest BCUT2D eigenvalue weighted by Crippen LogP contribution is -2.36. The number of hydrogen-bond acceptors (Lipinski definition) is 3. The van der Waals surface area contributed by atoms with Gasteiger partial charge in [0, 0.05) is 11.6 Å².